The fourth-order valence-electron chi connectivity index (χ4n) is 3.21. The van der Waals surface area contributed by atoms with Crippen molar-refractivity contribution in [1.82, 2.24) is 20.1 Å². The molecule has 8 heteroatoms. The molecule has 2 aliphatic rings. The molecule has 1 aromatic heterocycles. The number of piperidine rings is 1. The van der Waals surface area contributed by atoms with Crippen LogP contribution >= 0.6 is 0 Å². The summed E-state index contributed by atoms with van der Waals surface area (Å²) in [6, 6.07) is 0. The summed E-state index contributed by atoms with van der Waals surface area (Å²) < 4.78 is 28.5. The van der Waals surface area contributed by atoms with Gasteiger partial charge in [0.2, 0.25) is 0 Å². The fraction of sp³-hybridized carbons (Fsp3) is 0.800. The van der Waals surface area contributed by atoms with Crippen molar-refractivity contribution in [2.45, 2.75) is 62.9 Å². The molecule has 1 aliphatic carbocycles. The average molecular weight is 328 g/mol. The van der Waals surface area contributed by atoms with E-state index in [1.165, 1.54) is 4.90 Å². The molecule has 0 spiro atoms. The smallest absolute Gasteiger partial charge is 0.352 e. The number of nitrogens with one attached hydrogen (secondary N) is 1. The van der Waals surface area contributed by atoms with Crippen LogP contribution in [0, 0.1) is 0 Å². The Balaban J connectivity index is 1.61. The second kappa shape index (κ2) is 5.81. The van der Waals surface area contributed by atoms with Gasteiger partial charge in [0.05, 0.1) is 0 Å². The molecule has 0 radical (unpaired) electrons. The number of amides is 1. The molecule has 2 N–H and O–H groups in total. The average Bonchev–Trinajstić information content (AvgIpc) is 3.01. The summed E-state index contributed by atoms with van der Waals surface area (Å²) >= 11 is 0. The molecule has 0 unspecified atom stereocenters. The second-order valence-electron chi connectivity index (χ2n) is 6.52. The topological polar surface area (TPSA) is 82.1 Å². The number of carbonyl (C=O) groups is 1. The van der Waals surface area contributed by atoms with Crippen molar-refractivity contribution >= 4 is 5.91 Å². The van der Waals surface area contributed by atoms with Crippen LogP contribution in [0.5, 0.6) is 0 Å². The van der Waals surface area contributed by atoms with Crippen LogP contribution in [-0.4, -0.2) is 55.7 Å². The fourth-order valence-corrected chi connectivity index (χ4v) is 3.21. The van der Waals surface area contributed by atoms with Crippen LogP contribution in [-0.2, 0) is 11.2 Å². The highest BCUT2D eigenvalue weighted by molar-refractivity contribution is 5.85. The zero-order valence-electron chi connectivity index (χ0n) is 13.2. The van der Waals surface area contributed by atoms with Gasteiger partial charge in [-0.1, -0.05) is 6.92 Å². The van der Waals surface area contributed by atoms with Crippen molar-refractivity contribution in [3.8, 4) is 0 Å². The molecule has 0 aromatic carbocycles. The van der Waals surface area contributed by atoms with Crippen LogP contribution in [0.1, 0.15) is 56.6 Å². The summed E-state index contributed by atoms with van der Waals surface area (Å²) in [6.07, 6.45) is 2.38. The molecule has 23 heavy (non-hydrogen) atoms. The summed E-state index contributed by atoms with van der Waals surface area (Å²) in [4.78, 5) is 17.7. The van der Waals surface area contributed by atoms with Gasteiger partial charge in [0.15, 0.2) is 5.82 Å². The van der Waals surface area contributed by atoms with E-state index < -0.39 is 17.4 Å². The summed E-state index contributed by atoms with van der Waals surface area (Å²) in [6.45, 7) is 2.45. The van der Waals surface area contributed by atoms with E-state index in [4.69, 9.17) is 0 Å². The van der Waals surface area contributed by atoms with E-state index in [1.807, 2.05) is 6.92 Å². The van der Waals surface area contributed by atoms with E-state index in [0.29, 0.717) is 25.1 Å². The predicted molar refractivity (Wildman–Crippen MR) is 78.1 cm³/mol. The van der Waals surface area contributed by atoms with Crippen molar-refractivity contribution < 1.29 is 18.7 Å². The molecule has 6 nitrogen and oxygen atoms in total. The second-order valence-corrected chi connectivity index (χ2v) is 6.52. The Labute approximate surface area is 133 Å². The van der Waals surface area contributed by atoms with E-state index >= 15 is 0 Å². The maximum Gasteiger partial charge on any atom is 0.352 e. The van der Waals surface area contributed by atoms with Gasteiger partial charge in [0, 0.05) is 25.4 Å². The largest absolute Gasteiger partial charge is 0.383 e. The molecule has 1 saturated heterocycles. The SMILES string of the molecule is CCc1nc(C2CCN(C(=O)C(F)(F)C3(O)CCC3)CC2)n[nH]1. The van der Waals surface area contributed by atoms with Crippen molar-refractivity contribution in [2.75, 3.05) is 13.1 Å². The lowest BCUT2D eigenvalue weighted by molar-refractivity contribution is -0.224. The van der Waals surface area contributed by atoms with Gasteiger partial charge < -0.3 is 10.0 Å². The summed E-state index contributed by atoms with van der Waals surface area (Å²) in [5.74, 6) is -3.37. The molecule has 1 saturated carbocycles. The minimum atomic E-state index is -3.70. The van der Waals surface area contributed by atoms with Gasteiger partial charge in [-0.05, 0) is 32.1 Å². The Morgan fingerprint density at radius 1 is 1.43 bits per heavy atom. The lowest BCUT2D eigenvalue weighted by atomic mass is 9.74. The van der Waals surface area contributed by atoms with Crippen LogP contribution in [0.15, 0.2) is 0 Å². The van der Waals surface area contributed by atoms with E-state index in [0.717, 1.165) is 12.2 Å². The number of alkyl halides is 2. The minimum absolute atomic E-state index is 0.0147. The van der Waals surface area contributed by atoms with Gasteiger partial charge in [-0.15, -0.1) is 0 Å². The Kier molecular flexibility index (Phi) is 4.12. The molecule has 1 amide bonds. The Morgan fingerprint density at radius 2 is 2.09 bits per heavy atom. The van der Waals surface area contributed by atoms with Crippen molar-refractivity contribution in [3.63, 3.8) is 0 Å². The third-order valence-corrected chi connectivity index (χ3v) is 5.06. The number of carbonyl (C=O) groups excluding carboxylic acids is 1. The highest BCUT2D eigenvalue weighted by Gasteiger charge is 2.62. The third-order valence-electron chi connectivity index (χ3n) is 5.06. The Morgan fingerprint density at radius 3 is 2.57 bits per heavy atom. The summed E-state index contributed by atoms with van der Waals surface area (Å²) in [5, 5.41) is 16.9. The van der Waals surface area contributed by atoms with Crippen molar-refractivity contribution in [1.29, 1.82) is 0 Å². The van der Waals surface area contributed by atoms with E-state index in [-0.39, 0.29) is 31.8 Å². The van der Waals surface area contributed by atoms with Crippen LogP contribution in [0.4, 0.5) is 8.78 Å². The van der Waals surface area contributed by atoms with Gasteiger partial charge in [-0.2, -0.15) is 13.9 Å². The van der Waals surface area contributed by atoms with Gasteiger partial charge in [0.25, 0.3) is 5.91 Å². The summed E-state index contributed by atoms with van der Waals surface area (Å²) in [5.41, 5.74) is -2.15. The lowest BCUT2D eigenvalue weighted by Gasteiger charge is -2.44. The first kappa shape index (κ1) is 16.3. The molecular weight excluding hydrogens is 306 g/mol. The highest BCUT2D eigenvalue weighted by atomic mass is 19.3. The predicted octanol–water partition coefficient (Wildman–Crippen LogP) is 1.62. The molecule has 0 atom stereocenters. The van der Waals surface area contributed by atoms with Gasteiger partial charge in [-0.3, -0.25) is 9.89 Å². The monoisotopic (exact) mass is 328 g/mol. The zero-order valence-corrected chi connectivity index (χ0v) is 13.2. The number of halogens is 2. The highest BCUT2D eigenvalue weighted by Crippen LogP contribution is 2.45. The Bertz CT molecular complexity index is 578. The maximum atomic E-state index is 14.2. The molecule has 1 aromatic rings. The number of nitrogens with zero attached hydrogens (tertiary/aromatic N) is 3. The first-order valence-electron chi connectivity index (χ1n) is 8.18. The molecular formula is C15H22F2N4O2. The number of aromatic nitrogens is 3. The first-order valence-corrected chi connectivity index (χ1v) is 8.18. The van der Waals surface area contributed by atoms with E-state index in [1.54, 1.807) is 0 Å². The molecule has 3 rings (SSSR count). The minimum Gasteiger partial charge on any atom is -0.383 e. The number of likely N-dealkylation sites (tertiary alicyclic amines) is 1. The zero-order chi connectivity index (χ0) is 16.7. The molecule has 128 valence electrons. The number of aliphatic hydroxyl groups is 1. The van der Waals surface area contributed by atoms with Crippen LogP contribution in [0.25, 0.3) is 0 Å². The maximum absolute atomic E-state index is 14.2. The quantitative estimate of drug-likeness (QED) is 0.880. The molecule has 0 bridgehead atoms. The standard InChI is InChI=1S/C15H22F2N4O2/c1-2-11-18-12(20-19-11)10-4-8-21(9-5-10)13(22)15(16,17)14(23)6-3-7-14/h10,23H,2-9H2,1H3,(H,18,19,20). The van der Waals surface area contributed by atoms with Crippen molar-refractivity contribution in [3.05, 3.63) is 11.6 Å². The first-order chi connectivity index (χ1) is 10.9. The number of hydrogen-bond acceptors (Lipinski definition) is 4. The van der Waals surface area contributed by atoms with Crippen LogP contribution in [0.3, 0.4) is 0 Å². The number of rotatable bonds is 4. The summed E-state index contributed by atoms with van der Waals surface area (Å²) in [7, 11) is 0. The normalized spacial score (nSPS) is 22.0. The van der Waals surface area contributed by atoms with Crippen LogP contribution < -0.4 is 0 Å². The lowest BCUT2D eigenvalue weighted by Crippen LogP contribution is -2.62. The number of aryl methyl sites for hydroxylation is 1. The number of H-pyrrole nitrogens is 1. The molecule has 1 aliphatic heterocycles. The van der Waals surface area contributed by atoms with E-state index in [2.05, 4.69) is 15.2 Å². The third kappa shape index (κ3) is 2.73. The van der Waals surface area contributed by atoms with E-state index in [9.17, 15) is 18.7 Å². The Hall–Kier alpha value is -1.57. The van der Waals surface area contributed by atoms with Gasteiger partial charge in [0.1, 0.15) is 11.4 Å². The van der Waals surface area contributed by atoms with Gasteiger partial charge >= 0.3 is 5.92 Å². The van der Waals surface area contributed by atoms with Crippen molar-refractivity contribution in [2.24, 2.45) is 0 Å². The number of hydrogen-bond donors (Lipinski definition) is 2. The van der Waals surface area contributed by atoms with Crippen LogP contribution in [0.2, 0.25) is 0 Å². The number of aromatic amines is 1. The molecule has 2 fully saturated rings. The molecule has 2 heterocycles. The van der Waals surface area contributed by atoms with Gasteiger partial charge in [-0.25, -0.2) is 4.98 Å².